The summed E-state index contributed by atoms with van der Waals surface area (Å²) in [7, 11) is 1.67. The van der Waals surface area contributed by atoms with Gasteiger partial charge in [-0.15, -0.1) is 0 Å². The summed E-state index contributed by atoms with van der Waals surface area (Å²) in [5, 5.41) is 0. The highest BCUT2D eigenvalue weighted by Crippen LogP contribution is 2.04. The van der Waals surface area contributed by atoms with Gasteiger partial charge in [-0.25, -0.2) is 4.79 Å². The molecule has 2 rings (SSSR count). The lowest BCUT2D eigenvalue weighted by Crippen LogP contribution is -2.30. The summed E-state index contributed by atoms with van der Waals surface area (Å²) in [5.41, 5.74) is 1.35. The van der Waals surface area contributed by atoms with Crippen LogP contribution in [0.15, 0.2) is 54.9 Å². The number of amides is 1. The fourth-order valence-electron chi connectivity index (χ4n) is 1.75. The summed E-state index contributed by atoms with van der Waals surface area (Å²) in [6.45, 7) is 0.196. The average Bonchev–Trinajstić information content (AvgIpc) is 2.54. The zero-order chi connectivity index (χ0) is 15.1. The molecule has 1 amide bonds. The smallest absolute Gasteiger partial charge is 0.340 e. The number of benzene rings is 1. The monoisotopic (exact) mass is 284 g/mol. The van der Waals surface area contributed by atoms with E-state index in [-0.39, 0.29) is 12.5 Å². The molecule has 0 atom stereocenters. The van der Waals surface area contributed by atoms with E-state index in [1.54, 1.807) is 25.4 Å². The topological polar surface area (TPSA) is 59.5 Å². The molecular weight excluding hydrogens is 268 g/mol. The number of nitrogens with zero attached hydrogens (tertiary/aromatic N) is 2. The minimum atomic E-state index is -0.551. The Morgan fingerprint density at radius 2 is 1.90 bits per heavy atom. The number of aromatic nitrogens is 1. The molecule has 5 heteroatoms. The Morgan fingerprint density at radius 3 is 2.57 bits per heavy atom. The van der Waals surface area contributed by atoms with Crippen molar-refractivity contribution in [3.8, 4) is 0 Å². The molecule has 2 aromatic rings. The first-order chi connectivity index (χ1) is 10.2. The van der Waals surface area contributed by atoms with Gasteiger partial charge >= 0.3 is 5.97 Å². The summed E-state index contributed by atoms with van der Waals surface area (Å²) in [4.78, 5) is 29.0. The molecule has 0 radical (unpaired) electrons. The van der Waals surface area contributed by atoms with E-state index in [2.05, 4.69) is 4.98 Å². The van der Waals surface area contributed by atoms with Crippen molar-refractivity contribution < 1.29 is 14.3 Å². The van der Waals surface area contributed by atoms with Gasteiger partial charge < -0.3 is 9.64 Å². The van der Waals surface area contributed by atoms with Crippen molar-refractivity contribution in [2.24, 2.45) is 0 Å². The van der Waals surface area contributed by atoms with Crippen LogP contribution in [-0.2, 0) is 16.1 Å². The Balaban J connectivity index is 1.83. The first-order valence-corrected chi connectivity index (χ1v) is 6.52. The third kappa shape index (κ3) is 4.42. The van der Waals surface area contributed by atoms with Crippen molar-refractivity contribution in [1.82, 2.24) is 9.88 Å². The largest absolute Gasteiger partial charge is 0.452 e. The zero-order valence-electron chi connectivity index (χ0n) is 11.7. The Bertz CT molecular complexity index is 599. The van der Waals surface area contributed by atoms with E-state index in [1.807, 2.05) is 30.3 Å². The van der Waals surface area contributed by atoms with Crippen LogP contribution in [0.3, 0.4) is 0 Å². The zero-order valence-corrected chi connectivity index (χ0v) is 11.7. The van der Waals surface area contributed by atoms with Gasteiger partial charge in [-0.3, -0.25) is 9.78 Å². The van der Waals surface area contributed by atoms with Gasteiger partial charge in [0.2, 0.25) is 0 Å². The van der Waals surface area contributed by atoms with Gasteiger partial charge in [0, 0.05) is 26.0 Å². The van der Waals surface area contributed by atoms with E-state index in [4.69, 9.17) is 4.74 Å². The lowest BCUT2D eigenvalue weighted by molar-refractivity contribution is -0.133. The van der Waals surface area contributed by atoms with Crippen molar-refractivity contribution >= 4 is 11.9 Å². The van der Waals surface area contributed by atoms with Gasteiger partial charge in [-0.05, 0) is 17.7 Å². The van der Waals surface area contributed by atoms with Crippen LogP contribution in [0.25, 0.3) is 0 Å². The molecule has 0 aliphatic carbocycles. The minimum Gasteiger partial charge on any atom is -0.452 e. The summed E-state index contributed by atoms with van der Waals surface area (Å²) >= 11 is 0. The van der Waals surface area contributed by atoms with E-state index >= 15 is 0 Å². The number of carbonyl (C=O) groups excluding carboxylic acids is 2. The minimum absolute atomic E-state index is 0.254. The molecule has 1 aromatic carbocycles. The lowest BCUT2D eigenvalue weighted by Gasteiger charge is -2.17. The standard InChI is InChI=1S/C16H16N2O3/c1-18(11-13-6-3-2-4-7-13)15(19)12-21-16(20)14-8-5-9-17-10-14/h2-10H,11-12H2,1H3. The molecule has 5 nitrogen and oxygen atoms in total. The summed E-state index contributed by atoms with van der Waals surface area (Å²) in [6, 6.07) is 12.8. The van der Waals surface area contributed by atoms with E-state index in [1.165, 1.54) is 11.1 Å². The molecule has 0 bridgehead atoms. The summed E-state index contributed by atoms with van der Waals surface area (Å²) in [6.07, 6.45) is 2.97. The van der Waals surface area contributed by atoms with E-state index in [0.29, 0.717) is 12.1 Å². The number of likely N-dealkylation sites (N-methyl/N-ethyl adjacent to an activating group) is 1. The van der Waals surface area contributed by atoms with Gasteiger partial charge in [-0.1, -0.05) is 30.3 Å². The summed E-state index contributed by atoms with van der Waals surface area (Å²) < 4.78 is 4.98. The predicted octanol–water partition coefficient (Wildman–Crippen LogP) is 1.90. The highest BCUT2D eigenvalue weighted by Gasteiger charge is 2.13. The molecule has 0 aliphatic heterocycles. The van der Waals surface area contributed by atoms with Crippen LogP contribution in [0.5, 0.6) is 0 Å². The van der Waals surface area contributed by atoms with Crippen LogP contribution < -0.4 is 0 Å². The molecule has 0 unspecified atom stereocenters. The molecule has 21 heavy (non-hydrogen) atoms. The number of ether oxygens (including phenoxy) is 1. The third-order valence-electron chi connectivity index (χ3n) is 2.91. The van der Waals surface area contributed by atoms with Crippen molar-refractivity contribution in [2.45, 2.75) is 6.54 Å². The van der Waals surface area contributed by atoms with Crippen molar-refractivity contribution in [1.29, 1.82) is 0 Å². The molecule has 1 aromatic heterocycles. The Morgan fingerprint density at radius 1 is 1.14 bits per heavy atom. The van der Waals surface area contributed by atoms with Crippen LogP contribution in [0, 0.1) is 0 Å². The molecule has 108 valence electrons. The van der Waals surface area contributed by atoms with Crippen molar-refractivity contribution in [3.05, 3.63) is 66.0 Å². The Labute approximate surface area is 123 Å². The molecule has 0 aliphatic rings. The Hall–Kier alpha value is -2.69. The van der Waals surface area contributed by atoms with Crippen LogP contribution in [-0.4, -0.2) is 35.4 Å². The van der Waals surface area contributed by atoms with Gasteiger partial charge in [0.15, 0.2) is 6.61 Å². The van der Waals surface area contributed by atoms with Gasteiger partial charge in [0.25, 0.3) is 5.91 Å². The Kier molecular flexibility index (Phi) is 5.04. The van der Waals surface area contributed by atoms with E-state index < -0.39 is 5.97 Å². The van der Waals surface area contributed by atoms with Crippen LogP contribution in [0.4, 0.5) is 0 Å². The average molecular weight is 284 g/mol. The van der Waals surface area contributed by atoms with Crippen molar-refractivity contribution in [2.75, 3.05) is 13.7 Å². The summed E-state index contributed by atoms with van der Waals surface area (Å²) in [5.74, 6) is -0.805. The number of hydrogen-bond donors (Lipinski definition) is 0. The van der Waals surface area contributed by atoms with Gasteiger partial charge in [0.05, 0.1) is 5.56 Å². The molecule has 0 saturated carbocycles. The van der Waals surface area contributed by atoms with Crippen LogP contribution >= 0.6 is 0 Å². The molecule has 1 heterocycles. The quantitative estimate of drug-likeness (QED) is 0.787. The number of hydrogen-bond acceptors (Lipinski definition) is 4. The molecule has 0 saturated heterocycles. The predicted molar refractivity (Wildman–Crippen MR) is 77.4 cm³/mol. The maximum absolute atomic E-state index is 11.9. The van der Waals surface area contributed by atoms with Gasteiger partial charge in [-0.2, -0.15) is 0 Å². The first-order valence-electron chi connectivity index (χ1n) is 6.52. The second-order valence-corrected chi connectivity index (χ2v) is 4.55. The highest BCUT2D eigenvalue weighted by atomic mass is 16.5. The van der Waals surface area contributed by atoms with Crippen LogP contribution in [0.1, 0.15) is 15.9 Å². The first kappa shape index (κ1) is 14.7. The van der Waals surface area contributed by atoms with Crippen LogP contribution in [0.2, 0.25) is 0 Å². The molecule has 0 fully saturated rings. The highest BCUT2D eigenvalue weighted by molar-refractivity contribution is 5.90. The number of carbonyl (C=O) groups is 2. The van der Waals surface area contributed by atoms with E-state index in [0.717, 1.165) is 5.56 Å². The number of esters is 1. The fraction of sp³-hybridized carbons (Fsp3) is 0.188. The normalized spacial score (nSPS) is 9.95. The molecule has 0 N–H and O–H groups in total. The maximum Gasteiger partial charge on any atom is 0.340 e. The maximum atomic E-state index is 11.9. The van der Waals surface area contributed by atoms with Gasteiger partial charge in [0.1, 0.15) is 0 Å². The lowest BCUT2D eigenvalue weighted by atomic mass is 10.2. The number of pyridine rings is 1. The second-order valence-electron chi connectivity index (χ2n) is 4.55. The van der Waals surface area contributed by atoms with Crippen molar-refractivity contribution in [3.63, 3.8) is 0 Å². The second kappa shape index (κ2) is 7.19. The number of rotatable bonds is 5. The SMILES string of the molecule is CN(Cc1ccccc1)C(=O)COC(=O)c1cccnc1. The fourth-order valence-corrected chi connectivity index (χ4v) is 1.75. The third-order valence-corrected chi connectivity index (χ3v) is 2.91. The van der Waals surface area contributed by atoms with E-state index in [9.17, 15) is 9.59 Å². The molecule has 0 spiro atoms. The molecular formula is C16H16N2O3.